The zero-order valence-corrected chi connectivity index (χ0v) is 13.4. The van der Waals surface area contributed by atoms with E-state index in [1.54, 1.807) is 0 Å². The van der Waals surface area contributed by atoms with Crippen LogP contribution in [0.1, 0.15) is 30.4 Å². The summed E-state index contributed by atoms with van der Waals surface area (Å²) in [4.78, 5) is 14.2. The van der Waals surface area contributed by atoms with Crippen LogP contribution in [-0.2, 0) is 4.79 Å². The third-order valence-electron chi connectivity index (χ3n) is 3.83. The average Bonchev–Trinajstić information content (AvgIpc) is 2.40. The van der Waals surface area contributed by atoms with Crippen LogP contribution in [0.3, 0.4) is 0 Å². The Kier molecular flexibility index (Phi) is 5.62. The fourth-order valence-corrected chi connectivity index (χ4v) is 3.14. The second-order valence-electron chi connectivity index (χ2n) is 5.83. The van der Waals surface area contributed by atoms with E-state index in [2.05, 4.69) is 10.2 Å². The number of amides is 1. The van der Waals surface area contributed by atoms with Crippen LogP contribution in [0.5, 0.6) is 0 Å². The molecule has 0 spiro atoms. The van der Waals surface area contributed by atoms with E-state index in [0.29, 0.717) is 30.2 Å². The average molecular weight is 311 g/mol. The molecule has 2 rings (SSSR count). The molecule has 0 unspecified atom stereocenters. The molecule has 5 heteroatoms. The highest BCUT2D eigenvalue weighted by Crippen LogP contribution is 2.27. The summed E-state index contributed by atoms with van der Waals surface area (Å²) in [7, 11) is 0. The van der Waals surface area contributed by atoms with Crippen molar-refractivity contribution in [2.45, 2.75) is 39.2 Å². The lowest BCUT2D eigenvalue weighted by molar-refractivity contribution is -0.116. The van der Waals surface area contributed by atoms with Crippen LogP contribution in [0.15, 0.2) is 12.1 Å². The summed E-state index contributed by atoms with van der Waals surface area (Å²) < 4.78 is 0. The highest BCUT2D eigenvalue weighted by molar-refractivity contribution is 6.34. The van der Waals surface area contributed by atoms with Crippen LogP contribution in [0, 0.1) is 13.8 Å². The second kappa shape index (κ2) is 7.25. The van der Waals surface area contributed by atoms with Gasteiger partial charge in [0.25, 0.3) is 0 Å². The van der Waals surface area contributed by atoms with Gasteiger partial charge in [-0.3, -0.25) is 4.79 Å². The fourth-order valence-electron chi connectivity index (χ4n) is 2.77. The molecule has 1 aromatic carbocycles. The van der Waals surface area contributed by atoms with E-state index >= 15 is 0 Å². The van der Waals surface area contributed by atoms with Crippen LogP contribution in [0.2, 0.25) is 5.02 Å². The van der Waals surface area contributed by atoms with Crippen molar-refractivity contribution in [2.24, 2.45) is 0 Å². The Morgan fingerprint density at radius 1 is 1.48 bits per heavy atom. The molecule has 21 heavy (non-hydrogen) atoms. The first-order valence-electron chi connectivity index (χ1n) is 7.42. The Hall–Kier alpha value is -1.10. The third kappa shape index (κ3) is 4.70. The number of aryl methyl sites for hydroxylation is 2. The number of nitrogens with zero attached hydrogens (tertiary/aromatic N) is 1. The van der Waals surface area contributed by atoms with Crippen molar-refractivity contribution >= 4 is 23.2 Å². The van der Waals surface area contributed by atoms with Gasteiger partial charge in [0.1, 0.15) is 0 Å². The SMILES string of the molecule is Cc1cc(C)c(NC(=O)CCN2CCC[C@@H](O)C2)c(Cl)c1. The number of carbonyl (C=O) groups is 1. The first kappa shape index (κ1) is 16.3. The van der Waals surface area contributed by atoms with Crippen molar-refractivity contribution in [1.82, 2.24) is 4.90 Å². The first-order valence-corrected chi connectivity index (χ1v) is 7.80. The molecule has 1 aliphatic heterocycles. The van der Waals surface area contributed by atoms with E-state index < -0.39 is 0 Å². The van der Waals surface area contributed by atoms with Crippen molar-refractivity contribution in [3.05, 3.63) is 28.3 Å². The van der Waals surface area contributed by atoms with Crippen LogP contribution < -0.4 is 5.32 Å². The van der Waals surface area contributed by atoms with Gasteiger partial charge in [0.2, 0.25) is 5.91 Å². The van der Waals surface area contributed by atoms with E-state index in [4.69, 9.17) is 11.6 Å². The van der Waals surface area contributed by atoms with Gasteiger partial charge in [-0.05, 0) is 50.4 Å². The molecule has 0 saturated carbocycles. The minimum absolute atomic E-state index is 0.0380. The summed E-state index contributed by atoms with van der Waals surface area (Å²) in [6.07, 6.45) is 2.01. The molecular weight excluding hydrogens is 288 g/mol. The number of carbonyl (C=O) groups excluding carboxylic acids is 1. The normalized spacial score (nSPS) is 19.5. The number of hydrogen-bond acceptors (Lipinski definition) is 3. The number of rotatable bonds is 4. The highest BCUT2D eigenvalue weighted by atomic mass is 35.5. The Bertz CT molecular complexity index is 496. The van der Waals surface area contributed by atoms with Gasteiger partial charge in [0.15, 0.2) is 0 Å². The Morgan fingerprint density at radius 3 is 2.90 bits per heavy atom. The van der Waals surface area contributed by atoms with Gasteiger partial charge < -0.3 is 15.3 Å². The molecule has 4 nitrogen and oxygen atoms in total. The summed E-state index contributed by atoms with van der Waals surface area (Å²) >= 11 is 6.19. The van der Waals surface area contributed by atoms with Gasteiger partial charge in [0.05, 0.1) is 16.8 Å². The predicted molar refractivity (Wildman–Crippen MR) is 85.9 cm³/mol. The molecule has 1 heterocycles. The van der Waals surface area contributed by atoms with Gasteiger partial charge in [-0.2, -0.15) is 0 Å². The van der Waals surface area contributed by atoms with Gasteiger partial charge in [0, 0.05) is 19.5 Å². The molecule has 1 fully saturated rings. The summed E-state index contributed by atoms with van der Waals surface area (Å²) in [5.41, 5.74) is 2.76. The maximum absolute atomic E-state index is 12.1. The fraction of sp³-hybridized carbons (Fsp3) is 0.562. The van der Waals surface area contributed by atoms with Crippen molar-refractivity contribution in [3.8, 4) is 0 Å². The van der Waals surface area contributed by atoms with E-state index in [9.17, 15) is 9.90 Å². The molecule has 0 radical (unpaired) electrons. The van der Waals surface area contributed by atoms with Crippen molar-refractivity contribution in [1.29, 1.82) is 0 Å². The number of likely N-dealkylation sites (tertiary alicyclic amines) is 1. The molecule has 1 atom stereocenters. The predicted octanol–water partition coefficient (Wildman–Crippen LogP) is 2.74. The number of halogens is 1. The number of hydrogen-bond donors (Lipinski definition) is 2. The Labute approximate surface area is 131 Å². The molecule has 0 aliphatic carbocycles. The number of benzene rings is 1. The third-order valence-corrected chi connectivity index (χ3v) is 4.13. The van der Waals surface area contributed by atoms with Crippen molar-refractivity contribution in [3.63, 3.8) is 0 Å². The minimum Gasteiger partial charge on any atom is -0.392 e. The number of β-amino-alcohol motifs (C(OH)–C–C–N with tert-alkyl or cyclic N) is 1. The number of anilines is 1. The van der Waals surface area contributed by atoms with E-state index in [1.807, 2.05) is 26.0 Å². The summed E-state index contributed by atoms with van der Waals surface area (Å²) in [6, 6.07) is 3.85. The quantitative estimate of drug-likeness (QED) is 0.899. The van der Waals surface area contributed by atoms with Gasteiger partial charge in [-0.25, -0.2) is 0 Å². The maximum Gasteiger partial charge on any atom is 0.225 e. The van der Waals surface area contributed by atoms with Gasteiger partial charge >= 0.3 is 0 Å². The highest BCUT2D eigenvalue weighted by Gasteiger charge is 2.18. The molecule has 1 aliphatic rings. The number of aliphatic hydroxyl groups is 1. The summed E-state index contributed by atoms with van der Waals surface area (Å²) in [5.74, 6) is -0.0380. The van der Waals surface area contributed by atoms with Crippen molar-refractivity contribution < 1.29 is 9.90 Å². The summed E-state index contributed by atoms with van der Waals surface area (Å²) in [6.45, 7) is 6.21. The van der Waals surface area contributed by atoms with Crippen LogP contribution in [0.25, 0.3) is 0 Å². The monoisotopic (exact) mass is 310 g/mol. The number of piperidine rings is 1. The standard InChI is InChI=1S/C16H23ClN2O2/c1-11-8-12(2)16(14(17)9-11)18-15(21)5-7-19-6-3-4-13(20)10-19/h8-9,13,20H,3-7,10H2,1-2H3,(H,18,21)/t13-/m1/s1. The molecule has 0 bridgehead atoms. The smallest absolute Gasteiger partial charge is 0.225 e. The number of aliphatic hydroxyl groups excluding tert-OH is 1. The van der Waals surface area contributed by atoms with E-state index in [-0.39, 0.29) is 12.0 Å². The molecule has 1 amide bonds. The second-order valence-corrected chi connectivity index (χ2v) is 6.24. The molecule has 1 saturated heterocycles. The van der Waals surface area contributed by atoms with E-state index in [1.165, 1.54) is 0 Å². The maximum atomic E-state index is 12.1. The minimum atomic E-state index is -0.254. The Balaban J connectivity index is 1.87. The largest absolute Gasteiger partial charge is 0.392 e. The van der Waals surface area contributed by atoms with Crippen molar-refractivity contribution in [2.75, 3.05) is 25.0 Å². The lowest BCUT2D eigenvalue weighted by atomic mass is 10.1. The topological polar surface area (TPSA) is 52.6 Å². The summed E-state index contributed by atoms with van der Waals surface area (Å²) in [5, 5.41) is 13.1. The van der Waals surface area contributed by atoms with Gasteiger partial charge in [-0.1, -0.05) is 17.7 Å². The molecule has 1 aromatic rings. The molecular formula is C16H23ClN2O2. The van der Waals surface area contributed by atoms with Crippen LogP contribution in [0.4, 0.5) is 5.69 Å². The molecule has 2 N–H and O–H groups in total. The zero-order valence-electron chi connectivity index (χ0n) is 12.7. The lowest BCUT2D eigenvalue weighted by Gasteiger charge is -2.29. The zero-order chi connectivity index (χ0) is 15.4. The number of nitrogens with one attached hydrogen (secondary N) is 1. The lowest BCUT2D eigenvalue weighted by Crippen LogP contribution is -2.39. The van der Waals surface area contributed by atoms with Crippen LogP contribution >= 0.6 is 11.6 Å². The Morgan fingerprint density at radius 2 is 2.24 bits per heavy atom. The van der Waals surface area contributed by atoms with E-state index in [0.717, 1.165) is 30.5 Å². The molecule has 0 aromatic heterocycles. The molecule has 116 valence electrons. The van der Waals surface area contributed by atoms with Gasteiger partial charge in [-0.15, -0.1) is 0 Å². The first-order chi connectivity index (χ1) is 9.95. The van der Waals surface area contributed by atoms with Crippen LogP contribution in [-0.4, -0.2) is 41.7 Å².